The average molecular weight is 287 g/mol. The van der Waals surface area contributed by atoms with Crippen LogP contribution in [0.4, 0.5) is 0 Å². The van der Waals surface area contributed by atoms with Crippen molar-refractivity contribution in [1.82, 2.24) is 5.32 Å². The van der Waals surface area contributed by atoms with E-state index in [0.29, 0.717) is 18.8 Å². The second-order valence-electron chi connectivity index (χ2n) is 5.46. The molecule has 112 valence electrons. The van der Waals surface area contributed by atoms with Crippen molar-refractivity contribution < 1.29 is 14.7 Å². The molecule has 2 rings (SSSR count). The third-order valence-corrected chi connectivity index (χ3v) is 3.81. The fourth-order valence-electron chi connectivity index (χ4n) is 2.46. The molecule has 0 aliphatic heterocycles. The van der Waals surface area contributed by atoms with E-state index in [4.69, 9.17) is 5.11 Å². The Balaban J connectivity index is 1.70. The molecule has 4 heteroatoms. The van der Waals surface area contributed by atoms with Crippen molar-refractivity contribution in [2.24, 2.45) is 5.92 Å². The predicted octanol–water partition coefficient (Wildman–Crippen LogP) is 2.79. The highest BCUT2D eigenvalue weighted by molar-refractivity contribution is 5.87. The third kappa shape index (κ3) is 5.06. The van der Waals surface area contributed by atoms with Crippen molar-refractivity contribution in [2.45, 2.75) is 32.1 Å². The van der Waals surface area contributed by atoms with Gasteiger partial charge in [-0.1, -0.05) is 24.3 Å². The molecular formula is C17H21NO3. The van der Waals surface area contributed by atoms with E-state index in [1.54, 1.807) is 24.3 Å². The van der Waals surface area contributed by atoms with E-state index in [-0.39, 0.29) is 11.5 Å². The van der Waals surface area contributed by atoms with Gasteiger partial charge in [0.25, 0.3) is 0 Å². The van der Waals surface area contributed by atoms with E-state index in [9.17, 15) is 9.59 Å². The second-order valence-corrected chi connectivity index (χ2v) is 5.46. The predicted molar refractivity (Wildman–Crippen MR) is 81.2 cm³/mol. The van der Waals surface area contributed by atoms with Crippen LogP contribution in [0.25, 0.3) is 0 Å². The molecule has 0 radical (unpaired) electrons. The lowest BCUT2D eigenvalue weighted by atomic mass is 9.94. The van der Waals surface area contributed by atoms with Gasteiger partial charge in [0.15, 0.2) is 0 Å². The molecule has 0 spiro atoms. The summed E-state index contributed by atoms with van der Waals surface area (Å²) < 4.78 is 0. The Morgan fingerprint density at radius 3 is 2.57 bits per heavy atom. The molecule has 21 heavy (non-hydrogen) atoms. The van der Waals surface area contributed by atoms with Crippen molar-refractivity contribution in [1.29, 1.82) is 0 Å². The van der Waals surface area contributed by atoms with Gasteiger partial charge in [-0.3, -0.25) is 4.79 Å². The van der Waals surface area contributed by atoms with E-state index in [0.717, 1.165) is 31.4 Å². The van der Waals surface area contributed by atoms with Crippen LogP contribution in [-0.2, 0) is 11.2 Å². The van der Waals surface area contributed by atoms with Gasteiger partial charge in [0, 0.05) is 13.0 Å². The lowest BCUT2D eigenvalue weighted by molar-refractivity contribution is -0.121. The number of amides is 1. The topological polar surface area (TPSA) is 66.4 Å². The summed E-state index contributed by atoms with van der Waals surface area (Å²) in [4.78, 5) is 22.6. The quantitative estimate of drug-likeness (QED) is 0.791. The lowest BCUT2D eigenvalue weighted by Gasteiger charge is -2.18. The molecule has 0 aromatic heterocycles. The Morgan fingerprint density at radius 1 is 1.19 bits per heavy atom. The molecule has 0 bridgehead atoms. The van der Waals surface area contributed by atoms with E-state index >= 15 is 0 Å². The highest BCUT2D eigenvalue weighted by atomic mass is 16.4. The maximum absolute atomic E-state index is 11.8. The molecule has 1 aliphatic carbocycles. The molecule has 0 fully saturated rings. The van der Waals surface area contributed by atoms with Crippen molar-refractivity contribution in [2.75, 3.05) is 6.54 Å². The molecule has 1 aliphatic rings. The van der Waals surface area contributed by atoms with Gasteiger partial charge in [-0.05, 0) is 49.3 Å². The number of rotatable bonds is 6. The van der Waals surface area contributed by atoms with E-state index in [2.05, 4.69) is 17.5 Å². The number of allylic oxidation sites excluding steroid dienone is 2. The number of benzene rings is 1. The van der Waals surface area contributed by atoms with E-state index in [1.165, 1.54) is 0 Å². The monoisotopic (exact) mass is 287 g/mol. The molecular weight excluding hydrogens is 266 g/mol. The van der Waals surface area contributed by atoms with Crippen LogP contribution in [-0.4, -0.2) is 23.5 Å². The third-order valence-electron chi connectivity index (χ3n) is 3.81. The largest absolute Gasteiger partial charge is 0.478 e. The molecule has 1 aromatic rings. The molecule has 0 heterocycles. The normalized spacial score (nSPS) is 17.4. The zero-order valence-electron chi connectivity index (χ0n) is 12.0. The van der Waals surface area contributed by atoms with Gasteiger partial charge in [-0.2, -0.15) is 0 Å². The van der Waals surface area contributed by atoms with Crippen LogP contribution in [0.1, 0.15) is 41.6 Å². The first-order chi connectivity index (χ1) is 10.1. The fraction of sp³-hybridized carbons (Fsp3) is 0.412. The summed E-state index contributed by atoms with van der Waals surface area (Å²) in [7, 11) is 0. The minimum Gasteiger partial charge on any atom is -0.478 e. The van der Waals surface area contributed by atoms with Crippen LogP contribution in [0.2, 0.25) is 0 Å². The van der Waals surface area contributed by atoms with Gasteiger partial charge in [-0.25, -0.2) is 4.79 Å². The van der Waals surface area contributed by atoms with Gasteiger partial charge < -0.3 is 10.4 Å². The van der Waals surface area contributed by atoms with Crippen LogP contribution in [0.5, 0.6) is 0 Å². The Labute approximate surface area is 124 Å². The molecule has 1 amide bonds. The minimum absolute atomic E-state index is 0.0619. The Bertz CT molecular complexity index is 519. The number of hydrogen-bond acceptors (Lipinski definition) is 2. The summed E-state index contributed by atoms with van der Waals surface area (Å²) in [6.07, 6.45) is 8.76. The first kappa shape index (κ1) is 15.3. The highest BCUT2D eigenvalue weighted by Crippen LogP contribution is 2.16. The maximum Gasteiger partial charge on any atom is 0.335 e. The summed E-state index contributed by atoms with van der Waals surface area (Å²) in [6.45, 7) is 0.751. The molecule has 4 nitrogen and oxygen atoms in total. The fourth-order valence-corrected chi connectivity index (χ4v) is 2.46. The molecule has 2 N–H and O–H groups in total. The van der Waals surface area contributed by atoms with Crippen molar-refractivity contribution in [3.63, 3.8) is 0 Å². The van der Waals surface area contributed by atoms with Crippen molar-refractivity contribution in [3.05, 3.63) is 47.5 Å². The first-order valence-corrected chi connectivity index (χ1v) is 7.39. The number of carboxylic acids is 1. The maximum atomic E-state index is 11.8. The Morgan fingerprint density at radius 2 is 1.95 bits per heavy atom. The van der Waals surface area contributed by atoms with Crippen LogP contribution in [0.3, 0.4) is 0 Å². The number of aryl methyl sites for hydroxylation is 1. The van der Waals surface area contributed by atoms with Crippen LogP contribution >= 0.6 is 0 Å². The number of carboxylic acid groups (broad SMARTS) is 1. The highest BCUT2D eigenvalue weighted by Gasteiger charge is 2.11. The summed E-state index contributed by atoms with van der Waals surface area (Å²) in [6, 6.07) is 6.68. The molecule has 0 unspecified atom stereocenters. The number of aromatic carboxylic acids is 1. The number of nitrogens with one attached hydrogen (secondary N) is 1. The van der Waals surface area contributed by atoms with Crippen molar-refractivity contribution in [3.8, 4) is 0 Å². The summed E-state index contributed by atoms with van der Waals surface area (Å²) >= 11 is 0. The molecule has 1 aromatic carbocycles. The van der Waals surface area contributed by atoms with Crippen LogP contribution < -0.4 is 5.32 Å². The number of carbonyl (C=O) groups excluding carboxylic acids is 1. The smallest absolute Gasteiger partial charge is 0.335 e. The average Bonchev–Trinajstić information content (AvgIpc) is 2.52. The first-order valence-electron chi connectivity index (χ1n) is 7.39. The summed E-state index contributed by atoms with van der Waals surface area (Å²) in [5.74, 6) is -0.304. The SMILES string of the molecule is O=C(CCc1ccc(C(=O)O)cc1)NC[C@H]1CC=CCC1. The zero-order valence-corrected chi connectivity index (χ0v) is 12.0. The molecule has 0 saturated carbocycles. The van der Waals surface area contributed by atoms with Gasteiger partial charge in [0.05, 0.1) is 5.56 Å². The zero-order chi connectivity index (χ0) is 15.1. The van der Waals surface area contributed by atoms with Gasteiger partial charge in [0.2, 0.25) is 5.91 Å². The molecule has 0 saturated heterocycles. The van der Waals surface area contributed by atoms with Crippen LogP contribution in [0.15, 0.2) is 36.4 Å². The summed E-state index contributed by atoms with van der Waals surface area (Å²) in [5.41, 5.74) is 1.25. The lowest BCUT2D eigenvalue weighted by Crippen LogP contribution is -2.29. The van der Waals surface area contributed by atoms with E-state index in [1.807, 2.05) is 0 Å². The number of hydrogen-bond donors (Lipinski definition) is 2. The Hall–Kier alpha value is -2.10. The summed E-state index contributed by atoms with van der Waals surface area (Å²) in [5, 5.41) is 11.8. The Kier molecular flexibility index (Phi) is 5.55. The molecule has 1 atom stereocenters. The second kappa shape index (κ2) is 7.62. The van der Waals surface area contributed by atoms with Gasteiger partial charge in [0.1, 0.15) is 0 Å². The van der Waals surface area contributed by atoms with Gasteiger partial charge in [-0.15, -0.1) is 0 Å². The van der Waals surface area contributed by atoms with E-state index < -0.39 is 5.97 Å². The standard InChI is InChI=1S/C17H21NO3/c19-16(18-12-14-4-2-1-3-5-14)11-8-13-6-9-15(10-7-13)17(20)21/h1-2,6-7,9-10,14H,3-5,8,11-12H2,(H,18,19)(H,20,21)/t14-/m0/s1. The number of carbonyl (C=O) groups is 2. The van der Waals surface area contributed by atoms with Crippen LogP contribution in [0, 0.1) is 5.92 Å². The van der Waals surface area contributed by atoms with Crippen molar-refractivity contribution >= 4 is 11.9 Å². The minimum atomic E-state index is -0.930. The van der Waals surface area contributed by atoms with Gasteiger partial charge >= 0.3 is 5.97 Å².